The Balaban J connectivity index is 1.97. The third kappa shape index (κ3) is 4.38. The number of hydrogen-bond donors (Lipinski definition) is 0. The predicted octanol–water partition coefficient (Wildman–Crippen LogP) is 4.43. The van der Waals surface area contributed by atoms with Crippen LogP contribution < -0.4 is 0 Å². The first-order chi connectivity index (χ1) is 10.9. The highest BCUT2D eigenvalue weighted by Crippen LogP contribution is 2.21. The second kappa shape index (κ2) is 7.36. The number of halogens is 2. The summed E-state index contributed by atoms with van der Waals surface area (Å²) in [6.07, 6.45) is 1.04. The number of amides is 1. The molecule has 0 fully saturated rings. The van der Waals surface area contributed by atoms with Crippen LogP contribution in [-0.2, 0) is 11.2 Å². The molecule has 0 radical (unpaired) electrons. The molecule has 2 aromatic rings. The number of rotatable bonds is 5. The van der Waals surface area contributed by atoms with Crippen LogP contribution in [0.3, 0.4) is 0 Å². The van der Waals surface area contributed by atoms with Crippen LogP contribution in [0.15, 0.2) is 42.5 Å². The molecule has 0 N–H and O–H groups in total. The van der Waals surface area contributed by atoms with E-state index in [4.69, 9.17) is 0 Å². The van der Waals surface area contributed by atoms with E-state index in [0.717, 1.165) is 17.7 Å². The van der Waals surface area contributed by atoms with Gasteiger partial charge in [0.2, 0.25) is 5.91 Å². The Kier molecular flexibility index (Phi) is 5.48. The first-order valence-corrected chi connectivity index (χ1v) is 7.64. The van der Waals surface area contributed by atoms with Gasteiger partial charge < -0.3 is 4.90 Å². The fourth-order valence-electron chi connectivity index (χ4n) is 2.39. The molecule has 0 aromatic heterocycles. The summed E-state index contributed by atoms with van der Waals surface area (Å²) in [7, 11) is 1.68. The molecule has 0 spiro atoms. The van der Waals surface area contributed by atoms with E-state index in [0.29, 0.717) is 18.4 Å². The Hall–Kier alpha value is -2.23. The molecule has 0 saturated heterocycles. The lowest BCUT2D eigenvalue weighted by atomic mass is 10.0. The van der Waals surface area contributed by atoms with E-state index in [2.05, 4.69) is 0 Å². The fraction of sp³-hybridized carbons (Fsp3) is 0.316. The SMILES string of the molecule is Cc1ccc(CCC(=O)N(C)C(C)c2ccc(F)c(F)c2)cc1. The summed E-state index contributed by atoms with van der Waals surface area (Å²) in [4.78, 5) is 13.9. The zero-order chi connectivity index (χ0) is 17.0. The van der Waals surface area contributed by atoms with Crippen molar-refractivity contribution in [3.05, 3.63) is 70.8 Å². The summed E-state index contributed by atoms with van der Waals surface area (Å²) in [5.74, 6) is -1.80. The van der Waals surface area contributed by atoms with Gasteiger partial charge in [-0.3, -0.25) is 4.79 Å². The van der Waals surface area contributed by atoms with Crippen LogP contribution in [0.5, 0.6) is 0 Å². The van der Waals surface area contributed by atoms with Gasteiger partial charge in [0, 0.05) is 13.5 Å². The Labute approximate surface area is 135 Å². The highest BCUT2D eigenvalue weighted by atomic mass is 19.2. The second-order valence-electron chi connectivity index (χ2n) is 5.84. The molecule has 0 saturated carbocycles. The molecule has 0 aliphatic carbocycles. The van der Waals surface area contributed by atoms with Crippen molar-refractivity contribution in [3.63, 3.8) is 0 Å². The van der Waals surface area contributed by atoms with Gasteiger partial charge in [-0.15, -0.1) is 0 Å². The Morgan fingerprint density at radius 2 is 1.74 bits per heavy atom. The van der Waals surface area contributed by atoms with E-state index in [1.54, 1.807) is 18.9 Å². The molecule has 0 bridgehead atoms. The third-order valence-electron chi connectivity index (χ3n) is 4.15. The van der Waals surface area contributed by atoms with Crippen molar-refractivity contribution in [1.29, 1.82) is 0 Å². The lowest BCUT2D eigenvalue weighted by molar-refractivity contribution is -0.131. The van der Waals surface area contributed by atoms with E-state index >= 15 is 0 Å². The molecular weight excluding hydrogens is 296 g/mol. The van der Waals surface area contributed by atoms with Gasteiger partial charge in [0.1, 0.15) is 0 Å². The van der Waals surface area contributed by atoms with Crippen molar-refractivity contribution in [3.8, 4) is 0 Å². The van der Waals surface area contributed by atoms with E-state index < -0.39 is 11.6 Å². The number of carbonyl (C=O) groups is 1. The molecule has 2 aromatic carbocycles. The minimum absolute atomic E-state index is 0.0252. The number of benzene rings is 2. The Morgan fingerprint density at radius 3 is 2.35 bits per heavy atom. The molecule has 0 aliphatic heterocycles. The minimum atomic E-state index is -0.894. The molecule has 2 rings (SSSR count). The monoisotopic (exact) mass is 317 g/mol. The molecule has 122 valence electrons. The average molecular weight is 317 g/mol. The molecule has 23 heavy (non-hydrogen) atoms. The predicted molar refractivity (Wildman–Crippen MR) is 87.0 cm³/mol. The molecule has 4 heteroatoms. The zero-order valence-electron chi connectivity index (χ0n) is 13.6. The van der Waals surface area contributed by atoms with Gasteiger partial charge in [-0.25, -0.2) is 8.78 Å². The molecular formula is C19H21F2NO. The highest BCUT2D eigenvalue weighted by molar-refractivity contribution is 5.76. The Morgan fingerprint density at radius 1 is 1.09 bits per heavy atom. The van der Waals surface area contributed by atoms with E-state index in [-0.39, 0.29) is 11.9 Å². The molecule has 0 heterocycles. The third-order valence-corrected chi connectivity index (χ3v) is 4.15. The highest BCUT2D eigenvalue weighted by Gasteiger charge is 2.18. The topological polar surface area (TPSA) is 20.3 Å². The normalized spacial score (nSPS) is 12.0. The Bertz CT molecular complexity index is 682. The smallest absolute Gasteiger partial charge is 0.223 e. The van der Waals surface area contributed by atoms with Crippen LogP contribution in [-0.4, -0.2) is 17.9 Å². The summed E-state index contributed by atoms with van der Waals surface area (Å²) >= 11 is 0. The van der Waals surface area contributed by atoms with Crippen molar-refractivity contribution >= 4 is 5.91 Å². The summed E-state index contributed by atoms with van der Waals surface area (Å²) in [6, 6.07) is 11.5. The molecule has 0 aliphatic rings. The van der Waals surface area contributed by atoms with Crippen molar-refractivity contribution < 1.29 is 13.6 Å². The van der Waals surface area contributed by atoms with Gasteiger partial charge in [0.15, 0.2) is 11.6 Å². The van der Waals surface area contributed by atoms with Gasteiger partial charge in [0.25, 0.3) is 0 Å². The van der Waals surface area contributed by atoms with Gasteiger partial charge >= 0.3 is 0 Å². The van der Waals surface area contributed by atoms with Crippen molar-refractivity contribution in [2.75, 3.05) is 7.05 Å². The molecule has 1 amide bonds. The summed E-state index contributed by atoms with van der Waals surface area (Å²) in [6.45, 7) is 3.82. The van der Waals surface area contributed by atoms with Crippen LogP contribution in [0.2, 0.25) is 0 Å². The summed E-state index contributed by atoms with van der Waals surface area (Å²) in [5.41, 5.74) is 2.87. The fourth-order valence-corrected chi connectivity index (χ4v) is 2.39. The minimum Gasteiger partial charge on any atom is -0.339 e. The molecule has 1 unspecified atom stereocenters. The van der Waals surface area contributed by atoms with Gasteiger partial charge in [-0.05, 0) is 43.5 Å². The maximum Gasteiger partial charge on any atom is 0.223 e. The summed E-state index contributed by atoms with van der Waals surface area (Å²) < 4.78 is 26.3. The van der Waals surface area contributed by atoms with Crippen LogP contribution in [0.1, 0.15) is 36.1 Å². The van der Waals surface area contributed by atoms with Crippen LogP contribution in [0, 0.1) is 18.6 Å². The first kappa shape index (κ1) is 17.1. The van der Waals surface area contributed by atoms with Crippen molar-refractivity contribution in [2.45, 2.75) is 32.7 Å². The molecule has 1 atom stereocenters. The van der Waals surface area contributed by atoms with Gasteiger partial charge in [-0.1, -0.05) is 35.9 Å². The van der Waals surface area contributed by atoms with Crippen molar-refractivity contribution in [1.82, 2.24) is 4.90 Å². The number of hydrogen-bond acceptors (Lipinski definition) is 1. The summed E-state index contributed by atoms with van der Waals surface area (Å²) in [5, 5.41) is 0. The number of nitrogens with zero attached hydrogens (tertiary/aromatic N) is 1. The quantitative estimate of drug-likeness (QED) is 0.799. The second-order valence-corrected chi connectivity index (χ2v) is 5.84. The van der Waals surface area contributed by atoms with Crippen molar-refractivity contribution in [2.24, 2.45) is 0 Å². The largest absolute Gasteiger partial charge is 0.339 e. The van der Waals surface area contributed by atoms with Crippen LogP contribution >= 0.6 is 0 Å². The standard InChI is InChI=1S/C19H21F2NO/c1-13-4-6-15(7-5-13)8-11-19(23)22(3)14(2)16-9-10-17(20)18(21)12-16/h4-7,9-10,12,14H,8,11H2,1-3H3. The van der Waals surface area contributed by atoms with Crippen LogP contribution in [0.4, 0.5) is 8.78 Å². The van der Waals surface area contributed by atoms with E-state index in [9.17, 15) is 13.6 Å². The van der Waals surface area contributed by atoms with E-state index in [1.165, 1.54) is 11.6 Å². The number of carbonyl (C=O) groups excluding carboxylic acids is 1. The zero-order valence-corrected chi connectivity index (χ0v) is 13.6. The van der Waals surface area contributed by atoms with Crippen LogP contribution in [0.25, 0.3) is 0 Å². The van der Waals surface area contributed by atoms with Gasteiger partial charge in [-0.2, -0.15) is 0 Å². The lowest BCUT2D eigenvalue weighted by Crippen LogP contribution is -2.29. The maximum absolute atomic E-state index is 13.3. The van der Waals surface area contributed by atoms with E-state index in [1.807, 2.05) is 31.2 Å². The van der Waals surface area contributed by atoms with Gasteiger partial charge in [0.05, 0.1) is 6.04 Å². The average Bonchev–Trinajstić information content (AvgIpc) is 2.55. The number of aryl methyl sites for hydroxylation is 2. The molecule has 2 nitrogen and oxygen atoms in total. The maximum atomic E-state index is 13.3. The first-order valence-electron chi connectivity index (χ1n) is 7.64. The lowest BCUT2D eigenvalue weighted by Gasteiger charge is -2.25.